The fourth-order valence-electron chi connectivity index (χ4n) is 0.322. The molecule has 9 heavy (non-hydrogen) atoms. The summed E-state index contributed by atoms with van der Waals surface area (Å²) in [5.74, 6) is 0.0732. The highest BCUT2D eigenvalue weighted by atomic mass is 16.1. The van der Waals surface area contributed by atoms with Crippen molar-refractivity contribution in [1.82, 2.24) is 0 Å². The molecule has 0 spiro atoms. The number of carbonyl (C=O) groups excluding carboxylic acids is 1. The number of carbonyl (C=O) groups is 1. The largest absolute Gasteiger partial charge is 0.299 e. The molecular formula is C7H11NO. The molecule has 0 aliphatic rings. The summed E-state index contributed by atoms with van der Waals surface area (Å²) in [6.07, 6.45) is 0.308. The molecule has 0 aromatic heterocycles. The molecule has 2 nitrogen and oxygen atoms in total. The molecule has 0 radical (unpaired) electrons. The van der Waals surface area contributed by atoms with Gasteiger partial charge in [0.2, 0.25) is 0 Å². The number of hydrogen-bond acceptors (Lipinski definition) is 2. The predicted molar refractivity (Wildman–Crippen MR) is 34.7 cm³/mol. The number of ketones is 1. The molecular weight excluding hydrogens is 114 g/mol. The molecule has 0 N–H and O–H groups in total. The smallest absolute Gasteiger partial charge is 0.136 e. The van der Waals surface area contributed by atoms with Gasteiger partial charge in [-0.2, -0.15) is 5.26 Å². The van der Waals surface area contributed by atoms with Gasteiger partial charge in [-0.1, -0.05) is 13.8 Å². The Morgan fingerprint density at radius 2 is 2.11 bits per heavy atom. The minimum Gasteiger partial charge on any atom is -0.299 e. The monoisotopic (exact) mass is 125 g/mol. The highest BCUT2D eigenvalue weighted by Crippen LogP contribution is 2.19. The van der Waals surface area contributed by atoms with E-state index in [2.05, 4.69) is 0 Å². The number of Topliss-reactive ketones (excluding diaryl/α,β-unsaturated/α-hetero) is 1. The molecule has 0 unspecified atom stereocenters. The van der Waals surface area contributed by atoms with Crippen LogP contribution in [0.25, 0.3) is 0 Å². The maximum absolute atomic E-state index is 10.7. The third kappa shape index (κ3) is 2.27. The van der Waals surface area contributed by atoms with E-state index in [0.717, 1.165) is 0 Å². The molecule has 0 aromatic carbocycles. The van der Waals surface area contributed by atoms with Crippen molar-refractivity contribution in [2.75, 3.05) is 0 Å². The number of hydrogen-bond donors (Lipinski definition) is 0. The molecule has 50 valence electrons. The summed E-state index contributed by atoms with van der Waals surface area (Å²) >= 11 is 0. The normalized spacial score (nSPS) is 10.4. The molecule has 0 atom stereocenters. The lowest BCUT2D eigenvalue weighted by atomic mass is 9.86. The molecule has 0 aromatic rings. The van der Waals surface area contributed by atoms with Crippen LogP contribution in [0.5, 0.6) is 0 Å². The first-order valence-electron chi connectivity index (χ1n) is 2.88. The predicted octanol–water partition coefficient (Wildman–Crippen LogP) is 1.52. The van der Waals surface area contributed by atoms with Crippen LogP contribution in [0.15, 0.2) is 0 Å². The zero-order valence-electron chi connectivity index (χ0n) is 6.06. The fourth-order valence-corrected chi connectivity index (χ4v) is 0.322. The van der Waals surface area contributed by atoms with Crippen molar-refractivity contribution in [3.63, 3.8) is 0 Å². The van der Waals surface area contributed by atoms with Crippen LogP contribution < -0.4 is 0 Å². The van der Waals surface area contributed by atoms with E-state index >= 15 is 0 Å². The Kier molecular flexibility index (Phi) is 2.39. The van der Waals surface area contributed by atoms with E-state index in [1.54, 1.807) is 13.8 Å². The van der Waals surface area contributed by atoms with E-state index in [9.17, 15) is 4.79 Å². The number of nitriles is 1. The summed E-state index contributed by atoms with van der Waals surface area (Å²) in [6.45, 7) is 5.06. The summed E-state index contributed by atoms with van der Waals surface area (Å²) in [5.41, 5.74) is -0.450. The molecule has 0 saturated carbocycles. The second-order valence-corrected chi connectivity index (χ2v) is 2.77. The SMILES string of the molecule is CC(=O)C(C)(C)CC#N. The Morgan fingerprint density at radius 1 is 1.67 bits per heavy atom. The van der Waals surface area contributed by atoms with Crippen molar-refractivity contribution in [3.05, 3.63) is 0 Å². The highest BCUT2D eigenvalue weighted by Gasteiger charge is 2.22. The Labute approximate surface area is 55.5 Å². The molecule has 0 saturated heterocycles. The van der Waals surface area contributed by atoms with E-state index in [1.807, 2.05) is 6.07 Å². The Balaban J connectivity index is 4.06. The van der Waals surface area contributed by atoms with Crippen molar-refractivity contribution >= 4 is 5.78 Å². The molecule has 0 amide bonds. The van der Waals surface area contributed by atoms with Gasteiger partial charge in [0.1, 0.15) is 5.78 Å². The second-order valence-electron chi connectivity index (χ2n) is 2.77. The number of rotatable bonds is 2. The Bertz CT molecular complexity index is 153. The average Bonchev–Trinajstić information content (AvgIpc) is 1.65. The Morgan fingerprint density at radius 3 is 2.22 bits per heavy atom. The summed E-state index contributed by atoms with van der Waals surface area (Å²) in [7, 11) is 0. The highest BCUT2D eigenvalue weighted by molar-refractivity contribution is 5.81. The molecule has 0 heterocycles. The third-order valence-electron chi connectivity index (χ3n) is 1.47. The molecule has 0 aliphatic carbocycles. The Hall–Kier alpha value is -0.840. The standard InChI is InChI=1S/C7H11NO/c1-6(9)7(2,3)4-5-8/h4H2,1-3H3. The van der Waals surface area contributed by atoms with Crippen molar-refractivity contribution in [3.8, 4) is 6.07 Å². The van der Waals surface area contributed by atoms with E-state index < -0.39 is 5.41 Å². The van der Waals surface area contributed by atoms with E-state index in [0.29, 0.717) is 6.42 Å². The van der Waals surface area contributed by atoms with Crippen LogP contribution in [0.1, 0.15) is 27.2 Å². The molecule has 0 fully saturated rings. The van der Waals surface area contributed by atoms with Crippen LogP contribution in [0.3, 0.4) is 0 Å². The van der Waals surface area contributed by atoms with Crippen molar-refractivity contribution in [2.45, 2.75) is 27.2 Å². The van der Waals surface area contributed by atoms with Gasteiger partial charge in [0.15, 0.2) is 0 Å². The quantitative estimate of drug-likeness (QED) is 0.561. The van der Waals surface area contributed by atoms with Crippen molar-refractivity contribution in [1.29, 1.82) is 5.26 Å². The van der Waals surface area contributed by atoms with Gasteiger partial charge in [-0.15, -0.1) is 0 Å². The van der Waals surface area contributed by atoms with Crippen LogP contribution in [-0.4, -0.2) is 5.78 Å². The lowest BCUT2D eigenvalue weighted by Crippen LogP contribution is -2.20. The van der Waals surface area contributed by atoms with Crippen LogP contribution in [0.2, 0.25) is 0 Å². The second kappa shape index (κ2) is 2.63. The maximum atomic E-state index is 10.7. The van der Waals surface area contributed by atoms with E-state index in [-0.39, 0.29) is 5.78 Å². The van der Waals surface area contributed by atoms with Gasteiger partial charge in [-0.3, -0.25) is 4.79 Å². The van der Waals surface area contributed by atoms with Crippen LogP contribution in [-0.2, 0) is 4.79 Å². The van der Waals surface area contributed by atoms with Crippen molar-refractivity contribution in [2.24, 2.45) is 5.41 Å². The first-order valence-corrected chi connectivity index (χ1v) is 2.88. The maximum Gasteiger partial charge on any atom is 0.136 e. The van der Waals surface area contributed by atoms with E-state index in [1.165, 1.54) is 6.92 Å². The van der Waals surface area contributed by atoms with Crippen LogP contribution in [0, 0.1) is 16.7 Å². The van der Waals surface area contributed by atoms with Gasteiger partial charge >= 0.3 is 0 Å². The zero-order valence-corrected chi connectivity index (χ0v) is 6.06. The summed E-state index contributed by atoms with van der Waals surface area (Å²) in [5, 5.41) is 8.25. The minimum absolute atomic E-state index is 0.0732. The fraction of sp³-hybridized carbons (Fsp3) is 0.714. The summed E-state index contributed by atoms with van der Waals surface area (Å²) in [6, 6.07) is 1.97. The summed E-state index contributed by atoms with van der Waals surface area (Å²) < 4.78 is 0. The van der Waals surface area contributed by atoms with Gasteiger partial charge in [-0.05, 0) is 6.92 Å². The zero-order chi connectivity index (χ0) is 7.49. The molecule has 0 bridgehead atoms. The average molecular weight is 125 g/mol. The van der Waals surface area contributed by atoms with Gasteiger partial charge in [0, 0.05) is 11.8 Å². The van der Waals surface area contributed by atoms with Gasteiger partial charge < -0.3 is 0 Å². The number of nitrogens with zero attached hydrogens (tertiary/aromatic N) is 1. The van der Waals surface area contributed by atoms with E-state index in [4.69, 9.17) is 5.26 Å². The van der Waals surface area contributed by atoms with Gasteiger partial charge in [0.25, 0.3) is 0 Å². The first kappa shape index (κ1) is 8.16. The van der Waals surface area contributed by atoms with Crippen LogP contribution in [0.4, 0.5) is 0 Å². The molecule has 0 aliphatic heterocycles. The van der Waals surface area contributed by atoms with Crippen LogP contribution >= 0.6 is 0 Å². The summed E-state index contributed by atoms with van der Waals surface area (Å²) in [4.78, 5) is 10.7. The lowest BCUT2D eigenvalue weighted by molar-refractivity contribution is -0.124. The van der Waals surface area contributed by atoms with Gasteiger partial charge in [0.05, 0.1) is 6.07 Å². The molecule has 0 rings (SSSR count). The topological polar surface area (TPSA) is 40.9 Å². The molecule has 2 heteroatoms. The van der Waals surface area contributed by atoms with Gasteiger partial charge in [-0.25, -0.2) is 0 Å². The minimum atomic E-state index is -0.450. The van der Waals surface area contributed by atoms with Crippen molar-refractivity contribution < 1.29 is 4.79 Å². The first-order chi connectivity index (χ1) is 4.00. The third-order valence-corrected chi connectivity index (χ3v) is 1.47. The lowest BCUT2D eigenvalue weighted by Gasteiger charge is -2.15.